The summed E-state index contributed by atoms with van der Waals surface area (Å²) in [6, 6.07) is 12.8. The number of nitrogens with zero attached hydrogens (tertiary/aromatic N) is 3. The number of aromatic nitrogens is 2. The van der Waals surface area contributed by atoms with Crippen molar-refractivity contribution >= 4 is 5.78 Å². The normalized spacial score (nSPS) is 17.6. The van der Waals surface area contributed by atoms with Crippen LogP contribution in [0.25, 0.3) is 5.82 Å². The summed E-state index contributed by atoms with van der Waals surface area (Å²) >= 11 is 0. The van der Waals surface area contributed by atoms with E-state index < -0.39 is 11.6 Å². The Balaban J connectivity index is 1.49. The van der Waals surface area contributed by atoms with Crippen LogP contribution in [0.3, 0.4) is 0 Å². The van der Waals surface area contributed by atoms with Crippen LogP contribution in [0.15, 0.2) is 60.9 Å². The van der Waals surface area contributed by atoms with Crippen LogP contribution in [0.1, 0.15) is 28.9 Å². The maximum absolute atomic E-state index is 14.0. The van der Waals surface area contributed by atoms with Crippen molar-refractivity contribution in [3.8, 4) is 5.82 Å². The number of likely N-dealkylation sites (tertiary alicyclic amines) is 1. The minimum absolute atomic E-state index is 0.149. The van der Waals surface area contributed by atoms with Gasteiger partial charge in [0.05, 0.1) is 5.56 Å². The molecule has 1 aromatic carbocycles. The minimum atomic E-state index is -0.660. The van der Waals surface area contributed by atoms with Crippen molar-refractivity contribution in [2.45, 2.75) is 19.4 Å². The molecule has 1 aliphatic rings. The molecule has 6 heteroatoms. The molecule has 144 valence electrons. The summed E-state index contributed by atoms with van der Waals surface area (Å²) in [5.41, 5.74) is 0.924. The van der Waals surface area contributed by atoms with Gasteiger partial charge in [-0.3, -0.25) is 9.69 Å². The van der Waals surface area contributed by atoms with Gasteiger partial charge in [0.2, 0.25) is 0 Å². The van der Waals surface area contributed by atoms with Gasteiger partial charge in [-0.1, -0.05) is 6.07 Å². The van der Waals surface area contributed by atoms with Crippen LogP contribution < -0.4 is 0 Å². The van der Waals surface area contributed by atoms with Crippen molar-refractivity contribution in [2.24, 2.45) is 5.92 Å². The van der Waals surface area contributed by atoms with Crippen LogP contribution in [0.2, 0.25) is 0 Å². The maximum Gasteiger partial charge on any atom is 0.170 e. The van der Waals surface area contributed by atoms with Gasteiger partial charge < -0.3 is 4.57 Å². The van der Waals surface area contributed by atoms with Crippen molar-refractivity contribution in [3.05, 3.63) is 83.8 Å². The Morgan fingerprint density at radius 1 is 1.14 bits per heavy atom. The van der Waals surface area contributed by atoms with Gasteiger partial charge in [0, 0.05) is 37.1 Å². The molecule has 0 bridgehead atoms. The maximum atomic E-state index is 14.0. The van der Waals surface area contributed by atoms with Crippen molar-refractivity contribution in [2.75, 3.05) is 13.1 Å². The molecule has 28 heavy (non-hydrogen) atoms. The lowest BCUT2D eigenvalue weighted by Crippen LogP contribution is -2.38. The molecule has 1 fully saturated rings. The highest BCUT2D eigenvalue weighted by Gasteiger charge is 2.28. The molecule has 0 unspecified atom stereocenters. The van der Waals surface area contributed by atoms with Gasteiger partial charge in [0.25, 0.3) is 0 Å². The molecule has 1 saturated heterocycles. The van der Waals surface area contributed by atoms with E-state index >= 15 is 0 Å². The number of piperidine rings is 1. The fraction of sp³-hybridized carbons (Fsp3) is 0.273. The summed E-state index contributed by atoms with van der Waals surface area (Å²) in [7, 11) is 0. The van der Waals surface area contributed by atoms with E-state index in [1.807, 2.05) is 41.1 Å². The van der Waals surface area contributed by atoms with Gasteiger partial charge in [-0.05, 0) is 61.9 Å². The molecular weight excluding hydrogens is 360 g/mol. The molecule has 4 nitrogen and oxygen atoms in total. The van der Waals surface area contributed by atoms with E-state index in [0.29, 0.717) is 19.5 Å². The molecule has 3 aromatic rings. The number of rotatable bonds is 5. The molecule has 0 amide bonds. The minimum Gasteiger partial charge on any atom is -0.304 e. The molecule has 0 N–H and O–H groups in total. The third-order valence-electron chi connectivity index (χ3n) is 5.19. The molecule has 0 spiro atoms. The Morgan fingerprint density at radius 3 is 2.86 bits per heavy atom. The van der Waals surface area contributed by atoms with E-state index in [1.165, 1.54) is 0 Å². The van der Waals surface area contributed by atoms with Gasteiger partial charge >= 0.3 is 0 Å². The zero-order valence-electron chi connectivity index (χ0n) is 15.4. The summed E-state index contributed by atoms with van der Waals surface area (Å²) in [6.07, 6.45) is 5.25. The first-order valence-electron chi connectivity index (χ1n) is 9.41. The van der Waals surface area contributed by atoms with E-state index in [-0.39, 0.29) is 17.3 Å². The number of hydrogen-bond donors (Lipinski definition) is 0. The largest absolute Gasteiger partial charge is 0.304 e. The second-order valence-electron chi connectivity index (χ2n) is 7.12. The van der Waals surface area contributed by atoms with Gasteiger partial charge in [0.15, 0.2) is 5.78 Å². The Hall–Kier alpha value is -2.86. The lowest BCUT2D eigenvalue weighted by atomic mass is 9.89. The van der Waals surface area contributed by atoms with Gasteiger partial charge in [0.1, 0.15) is 17.5 Å². The summed E-state index contributed by atoms with van der Waals surface area (Å²) in [6.45, 7) is 2.06. The monoisotopic (exact) mass is 381 g/mol. The van der Waals surface area contributed by atoms with Crippen LogP contribution in [-0.4, -0.2) is 33.3 Å². The predicted molar refractivity (Wildman–Crippen MR) is 102 cm³/mol. The summed E-state index contributed by atoms with van der Waals surface area (Å²) in [5.74, 6) is -1.06. The highest BCUT2D eigenvalue weighted by molar-refractivity contribution is 5.98. The second-order valence-corrected chi connectivity index (χ2v) is 7.12. The van der Waals surface area contributed by atoms with Gasteiger partial charge in [-0.25, -0.2) is 13.8 Å². The predicted octanol–water partition coefficient (Wildman–Crippen LogP) is 4.25. The molecular formula is C22H21F2N3O. The van der Waals surface area contributed by atoms with E-state index in [2.05, 4.69) is 9.88 Å². The molecule has 1 aliphatic heterocycles. The van der Waals surface area contributed by atoms with E-state index in [4.69, 9.17) is 0 Å². The number of halogens is 2. The number of pyridine rings is 1. The quantitative estimate of drug-likeness (QED) is 0.621. The van der Waals surface area contributed by atoms with Gasteiger partial charge in [-0.15, -0.1) is 0 Å². The lowest BCUT2D eigenvalue weighted by molar-refractivity contribution is 0.0805. The summed E-state index contributed by atoms with van der Waals surface area (Å²) in [5, 5.41) is 0. The third-order valence-corrected chi connectivity index (χ3v) is 5.19. The second kappa shape index (κ2) is 8.02. The molecule has 3 heterocycles. The highest BCUT2D eigenvalue weighted by atomic mass is 19.1. The number of carbonyl (C=O) groups is 1. The zero-order valence-corrected chi connectivity index (χ0v) is 15.4. The summed E-state index contributed by atoms with van der Waals surface area (Å²) in [4.78, 5) is 19.3. The molecule has 0 aliphatic carbocycles. The Morgan fingerprint density at radius 2 is 2.04 bits per heavy atom. The van der Waals surface area contributed by atoms with Crippen LogP contribution in [0.5, 0.6) is 0 Å². The number of ketones is 1. The first-order valence-corrected chi connectivity index (χ1v) is 9.41. The lowest BCUT2D eigenvalue weighted by Gasteiger charge is -2.32. The zero-order chi connectivity index (χ0) is 19.5. The highest BCUT2D eigenvalue weighted by Crippen LogP contribution is 2.24. The number of benzene rings is 1. The van der Waals surface area contributed by atoms with Crippen LogP contribution in [0, 0.1) is 17.6 Å². The fourth-order valence-corrected chi connectivity index (χ4v) is 3.81. The first-order chi connectivity index (χ1) is 13.6. The average molecular weight is 381 g/mol. The smallest absolute Gasteiger partial charge is 0.170 e. The first kappa shape index (κ1) is 18.5. The Kier molecular flexibility index (Phi) is 5.30. The third kappa shape index (κ3) is 3.87. The van der Waals surface area contributed by atoms with Crippen molar-refractivity contribution in [1.82, 2.24) is 14.5 Å². The standard InChI is InChI=1S/C22H21F2N3O/c23-17-8-9-20(24)19(13-17)22(28)16-5-3-11-26(14-16)15-18-6-4-12-27(18)21-7-1-2-10-25-21/h1-2,4,6-10,12-13,16H,3,5,11,14-15H2/t16-/m1/s1. The average Bonchev–Trinajstić information content (AvgIpc) is 3.18. The SMILES string of the molecule is O=C(c1cc(F)ccc1F)[C@@H]1CCCN(Cc2cccn2-c2ccccn2)C1. The van der Waals surface area contributed by atoms with E-state index in [0.717, 1.165) is 42.7 Å². The van der Waals surface area contributed by atoms with Crippen molar-refractivity contribution in [1.29, 1.82) is 0 Å². The molecule has 0 radical (unpaired) electrons. The van der Waals surface area contributed by atoms with E-state index in [9.17, 15) is 13.6 Å². The molecule has 0 saturated carbocycles. The molecule has 4 rings (SSSR count). The van der Waals surface area contributed by atoms with Crippen LogP contribution in [-0.2, 0) is 6.54 Å². The number of hydrogen-bond acceptors (Lipinski definition) is 3. The van der Waals surface area contributed by atoms with Crippen LogP contribution in [0.4, 0.5) is 8.78 Å². The Bertz CT molecular complexity index is 971. The topological polar surface area (TPSA) is 38.1 Å². The summed E-state index contributed by atoms with van der Waals surface area (Å²) < 4.78 is 29.5. The molecule has 2 aromatic heterocycles. The van der Waals surface area contributed by atoms with Crippen molar-refractivity contribution in [3.63, 3.8) is 0 Å². The fourth-order valence-electron chi connectivity index (χ4n) is 3.81. The van der Waals surface area contributed by atoms with Crippen LogP contribution >= 0.6 is 0 Å². The van der Waals surface area contributed by atoms with Gasteiger partial charge in [-0.2, -0.15) is 0 Å². The van der Waals surface area contributed by atoms with E-state index in [1.54, 1.807) is 6.20 Å². The Labute approximate surface area is 162 Å². The van der Waals surface area contributed by atoms with Crippen molar-refractivity contribution < 1.29 is 13.6 Å². The number of carbonyl (C=O) groups excluding carboxylic acids is 1. The molecule has 1 atom stereocenters. The number of Topliss-reactive ketones (excluding diaryl/α,β-unsaturated/α-hetero) is 1.